The molecule has 1 aromatic rings. The van der Waals surface area contributed by atoms with Gasteiger partial charge in [-0.25, -0.2) is 0 Å². The van der Waals surface area contributed by atoms with E-state index in [1.165, 1.54) is 6.20 Å². The Morgan fingerprint density at radius 2 is 2.38 bits per heavy atom. The van der Waals surface area contributed by atoms with Gasteiger partial charge in [0.2, 0.25) is 0 Å². The molecule has 1 rings (SSSR count). The van der Waals surface area contributed by atoms with Crippen molar-refractivity contribution in [3.8, 4) is 6.07 Å². The van der Waals surface area contributed by atoms with Gasteiger partial charge in [0.25, 0.3) is 0 Å². The van der Waals surface area contributed by atoms with Crippen molar-refractivity contribution in [3.05, 3.63) is 35.7 Å². The maximum absolute atomic E-state index is 8.58. The van der Waals surface area contributed by atoms with Gasteiger partial charge in [0.15, 0.2) is 0 Å². The summed E-state index contributed by atoms with van der Waals surface area (Å²) in [5.74, 6) is 0. The summed E-state index contributed by atoms with van der Waals surface area (Å²) >= 11 is 0. The van der Waals surface area contributed by atoms with E-state index in [0.717, 1.165) is 5.56 Å². The average molecular weight is 174 g/mol. The SMILES string of the molecule is N#Cc1cncc(C=CCCO)c1. The van der Waals surface area contributed by atoms with Crippen LogP contribution in [0.2, 0.25) is 0 Å². The Kier molecular flexibility index (Phi) is 3.68. The van der Waals surface area contributed by atoms with Gasteiger partial charge in [0.1, 0.15) is 6.07 Å². The predicted molar refractivity (Wildman–Crippen MR) is 49.7 cm³/mol. The third kappa shape index (κ3) is 3.06. The first-order valence-corrected chi connectivity index (χ1v) is 3.99. The molecule has 0 fully saturated rings. The minimum atomic E-state index is 0.141. The second kappa shape index (κ2) is 5.07. The zero-order chi connectivity index (χ0) is 9.52. The molecule has 0 bridgehead atoms. The Morgan fingerprint density at radius 1 is 1.54 bits per heavy atom. The highest BCUT2D eigenvalue weighted by Gasteiger charge is 1.90. The highest BCUT2D eigenvalue weighted by atomic mass is 16.2. The summed E-state index contributed by atoms with van der Waals surface area (Å²) in [5, 5.41) is 17.1. The Bertz CT molecular complexity index is 339. The topological polar surface area (TPSA) is 56.9 Å². The number of rotatable bonds is 3. The van der Waals surface area contributed by atoms with Crippen LogP contribution in [-0.2, 0) is 0 Å². The average Bonchev–Trinajstić information content (AvgIpc) is 2.19. The van der Waals surface area contributed by atoms with Crippen LogP contribution in [0, 0.1) is 11.3 Å². The van der Waals surface area contributed by atoms with Crippen LogP contribution in [0.15, 0.2) is 24.5 Å². The Morgan fingerprint density at radius 3 is 3.08 bits per heavy atom. The molecule has 0 aliphatic heterocycles. The second-order valence-corrected chi connectivity index (χ2v) is 2.53. The molecule has 0 aliphatic carbocycles. The molecular formula is C10H10N2O. The number of nitrogens with zero attached hydrogens (tertiary/aromatic N) is 2. The van der Waals surface area contributed by atoms with Crippen LogP contribution in [0.25, 0.3) is 6.08 Å². The lowest BCUT2D eigenvalue weighted by Gasteiger charge is -1.92. The minimum Gasteiger partial charge on any atom is -0.396 e. The minimum absolute atomic E-state index is 0.141. The molecule has 66 valence electrons. The maximum Gasteiger partial charge on any atom is 0.101 e. The highest BCUT2D eigenvalue weighted by molar-refractivity contribution is 5.50. The largest absolute Gasteiger partial charge is 0.396 e. The van der Waals surface area contributed by atoms with Gasteiger partial charge in [-0.05, 0) is 18.1 Å². The van der Waals surface area contributed by atoms with E-state index in [9.17, 15) is 0 Å². The fraction of sp³-hybridized carbons (Fsp3) is 0.200. The smallest absolute Gasteiger partial charge is 0.101 e. The summed E-state index contributed by atoms with van der Waals surface area (Å²) in [5.41, 5.74) is 1.43. The van der Waals surface area contributed by atoms with E-state index in [1.54, 1.807) is 12.3 Å². The fourth-order valence-corrected chi connectivity index (χ4v) is 0.904. The Balaban J connectivity index is 2.73. The molecule has 1 heterocycles. The standard InChI is InChI=1S/C10H10N2O/c11-6-10-5-9(7-12-8-10)3-1-2-4-13/h1,3,5,7-8,13H,2,4H2. The summed E-state index contributed by atoms with van der Waals surface area (Å²) in [6, 6.07) is 3.76. The molecule has 0 atom stereocenters. The zero-order valence-electron chi connectivity index (χ0n) is 7.14. The Labute approximate surface area is 77.0 Å². The van der Waals surface area contributed by atoms with Gasteiger partial charge in [-0.3, -0.25) is 4.98 Å². The summed E-state index contributed by atoms with van der Waals surface area (Å²) in [6.07, 6.45) is 7.50. The molecule has 0 aliphatic rings. The van der Waals surface area contributed by atoms with E-state index < -0.39 is 0 Å². The summed E-state index contributed by atoms with van der Waals surface area (Å²) in [6.45, 7) is 0.141. The summed E-state index contributed by atoms with van der Waals surface area (Å²) < 4.78 is 0. The van der Waals surface area contributed by atoms with Crippen LogP contribution in [0.3, 0.4) is 0 Å². The quantitative estimate of drug-likeness (QED) is 0.752. The maximum atomic E-state index is 8.58. The molecule has 1 aromatic heterocycles. The van der Waals surface area contributed by atoms with Crippen LogP contribution in [0.1, 0.15) is 17.5 Å². The van der Waals surface area contributed by atoms with Crippen LogP contribution < -0.4 is 0 Å². The molecule has 3 heteroatoms. The van der Waals surface area contributed by atoms with Crippen LogP contribution in [0.4, 0.5) is 0 Å². The van der Waals surface area contributed by atoms with Gasteiger partial charge in [0, 0.05) is 19.0 Å². The fourth-order valence-electron chi connectivity index (χ4n) is 0.904. The van der Waals surface area contributed by atoms with Gasteiger partial charge in [-0.15, -0.1) is 0 Å². The van der Waals surface area contributed by atoms with E-state index in [2.05, 4.69) is 4.98 Å². The Hall–Kier alpha value is -1.66. The number of aromatic nitrogens is 1. The first-order valence-electron chi connectivity index (χ1n) is 3.99. The molecule has 0 radical (unpaired) electrons. The van der Waals surface area contributed by atoms with Crippen molar-refractivity contribution in [2.75, 3.05) is 6.61 Å². The molecule has 0 saturated carbocycles. The number of hydrogen-bond acceptors (Lipinski definition) is 3. The van der Waals surface area contributed by atoms with Crippen molar-refractivity contribution in [1.29, 1.82) is 5.26 Å². The molecule has 13 heavy (non-hydrogen) atoms. The monoisotopic (exact) mass is 174 g/mol. The molecule has 0 amide bonds. The molecule has 0 spiro atoms. The van der Waals surface area contributed by atoms with E-state index in [0.29, 0.717) is 12.0 Å². The number of hydrogen-bond donors (Lipinski definition) is 1. The number of nitriles is 1. The normalized spacial score (nSPS) is 10.2. The molecule has 0 saturated heterocycles. The second-order valence-electron chi connectivity index (χ2n) is 2.53. The van der Waals surface area contributed by atoms with Gasteiger partial charge >= 0.3 is 0 Å². The zero-order valence-corrected chi connectivity index (χ0v) is 7.14. The molecule has 1 N–H and O–H groups in total. The molecule has 0 aromatic carbocycles. The van der Waals surface area contributed by atoms with Crippen LogP contribution >= 0.6 is 0 Å². The van der Waals surface area contributed by atoms with E-state index >= 15 is 0 Å². The molecule has 0 unspecified atom stereocenters. The first-order chi connectivity index (χ1) is 6.36. The van der Waals surface area contributed by atoms with E-state index in [1.807, 2.05) is 18.2 Å². The summed E-state index contributed by atoms with van der Waals surface area (Å²) in [4.78, 5) is 3.90. The van der Waals surface area contributed by atoms with Crippen molar-refractivity contribution >= 4 is 6.08 Å². The van der Waals surface area contributed by atoms with Crippen molar-refractivity contribution in [1.82, 2.24) is 4.98 Å². The van der Waals surface area contributed by atoms with Crippen LogP contribution in [-0.4, -0.2) is 16.7 Å². The lowest BCUT2D eigenvalue weighted by Crippen LogP contribution is -1.81. The third-order valence-electron chi connectivity index (χ3n) is 1.49. The van der Waals surface area contributed by atoms with Crippen molar-refractivity contribution in [2.24, 2.45) is 0 Å². The number of aliphatic hydroxyl groups excluding tert-OH is 1. The van der Waals surface area contributed by atoms with Gasteiger partial charge in [0.05, 0.1) is 5.56 Å². The van der Waals surface area contributed by atoms with Gasteiger partial charge in [-0.2, -0.15) is 5.26 Å². The highest BCUT2D eigenvalue weighted by Crippen LogP contribution is 2.03. The predicted octanol–water partition coefficient (Wildman–Crippen LogP) is 1.35. The van der Waals surface area contributed by atoms with Crippen molar-refractivity contribution < 1.29 is 5.11 Å². The number of pyridine rings is 1. The van der Waals surface area contributed by atoms with Crippen LogP contribution in [0.5, 0.6) is 0 Å². The number of aliphatic hydroxyl groups is 1. The molecular weight excluding hydrogens is 164 g/mol. The summed E-state index contributed by atoms with van der Waals surface area (Å²) in [7, 11) is 0. The first kappa shape index (κ1) is 9.43. The lowest BCUT2D eigenvalue weighted by atomic mass is 10.2. The van der Waals surface area contributed by atoms with Gasteiger partial charge < -0.3 is 5.11 Å². The third-order valence-corrected chi connectivity index (χ3v) is 1.49. The van der Waals surface area contributed by atoms with E-state index in [-0.39, 0.29) is 6.61 Å². The van der Waals surface area contributed by atoms with E-state index in [4.69, 9.17) is 10.4 Å². The van der Waals surface area contributed by atoms with Crippen molar-refractivity contribution in [3.63, 3.8) is 0 Å². The molecule has 3 nitrogen and oxygen atoms in total. The van der Waals surface area contributed by atoms with Crippen molar-refractivity contribution in [2.45, 2.75) is 6.42 Å². The van der Waals surface area contributed by atoms with Gasteiger partial charge in [-0.1, -0.05) is 12.2 Å². The lowest BCUT2D eigenvalue weighted by molar-refractivity contribution is 0.303.